The molecule has 0 saturated carbocycles. The van der Waals surface area contributed by atoms with Gasteiger partial charge in [0.25, 0.3) is 0 Å². The van der Waals surface area contributed by atoms with Crippen LogP contribution in [0.1, 0.15) is 31.4 Å². The number of aliphatic hydroxyl groups excluding tert-OH is 1. The van der Waals surface area contributed by atoms with E-state index in [0.29, 0.717) is 19.4 Å². The van der Waals surface area contributed by atoms with Crippen LogP contribution in [-0.2, 0) is 4.74 Å². The van der Waals surface area contributed by atoms with Crippen molar-refractivity contribution in [3.63, 3.8) is 0 Å². The molecule has 1 rings (SSSR count). The van der Waals surface area contributed by atoms with Gasteiger partial charge in [0, 0.05) is 20.2 Å². The first kappa shape index (κ1) is 17.4. The van der Waals surface area contributed by atoms with Crippen molar-refractivity contribution in [1.82, 2.24) is 10.6 Å². The number of carbonyl (C=O) groups excluding carboxylic acids is 1. The number of hydrogen-bond acceptors (Lipinski definition) is 3. The van der Waals surface area contributed by atoms with Gasteiger partial charge in [0.1, 0.15) is 5.82 Å². The van der Waals surface area contributed by atoms with Crippen molar-refractivity contribution in [2.45, 2.75) is 32.0 Å². The standard InChI is InChI=1S/C15H23FN2O3/c1-3-13(19)8-9-17-15(20)18-10-14(21-2)11-4-6-12(16)7-5-11/h4-7,13-14,19H,3,8-10H2,1-2H3,(H2,17,18,20). The highest BCUT2D eigenvalue weighted by molar-refractivity contribution is 5.73. The first-order valence-corrected chi connectivity index (χ1v) is 7.04. The van der Waals surface area contributed by atoms with E-state index in [-0.39, 0.29) is 24.5 Å². The molecule has 0 spiro atoms. The summed E-state index contributed by atoms with van der Waals surface area (Å²) < 4.78 is 18.1. The molecule has 2 amide bonds. The second kappa shape index (κ2) is 9.31. The van der Waals surface area contributed by atoms with Gasteiger partial charge in [-0.1, -0.05) is 19.1 Å². The summed E-state index contributed by atoms with van der Waals surface area (Å²) in [5.41, 5.74) is 0.792. The molecule has 6 heteroatoms. The van der Waals surface area contributed by atoms with E-state index in [2.05, 4.69) is 10.6 Å². The topological polar surface area (TPSA) is 70.6 Å². The Morgan fingerprint density at radius 1 is 1.33 bits per heavy atom. The van der Waals surface area contributed by atoms with E-state index in [4.69, 9.17) is 4.74 Å². The van der Waals surface area contributed by atoms with E-state index in [1.165, 1.54) is 19.2 Å². The number of amides is 2. The zero-order chi connectivity index (χ0) is 15.7. The number of hydrogen-bond donors (Lipinski definition) is 3. The number of ether oxygens (including phenoxy) is 1. The van der Waals surface area contributed by atoms with Gasteiger partial charge in [-0.05, 0) is 30.5 Å². The van der Waals surface area contributed by atoms with E-state index in [0.717, 1.165) is 5.56 Å². The van der Waals surface area contributed by atoms with Crippen LogP contribution in [0.25, 0.3) is 0 Å². The Hall–Kier alpha value is -1.66. The molecule has 21 heavy (non-hydrogen) atoms. The second-order valence-corrected chi connectivity index (χ2v) is 4.76. The first-order valence-electron chi connectivity index (χ1n) is 7.04. The average molecular weight is 298 g/mol. The zero-order valence-electron chi connectivity index (χ0n) is 12.4. The second-order valence-electron chi connectivity index (χ2n) is 4.76. The minimum absolute atomic E-state index is 0.282. The molecule has 0 fully saturated rings. The molecule has 2 unspecified atom stereocenters. The largest absolute Gasteiger partial charge is 0.393 e. The van der Waals surface area contributed by atoms with E-state index in [1.54, 1.807) is 12.1 Å². The van der Waals surface area contributed by atoms with Gasteiger partial charge in [0.05, 0.1) is 12.2 Å². The van der Waals surface area contributed by atoms with Crippen LogP contribution in [0.3, 0.4) is 0 Å². The highest BCUT2D eigenvalue weighted by Crippen LogP contribution is 2.15. The third-order valence-electron chi connectivity index (χ3n) is 3.21. The molecule has 0 aliphatic carbocycles. The SMILES string of the molecule is CCC(O)CCNC(=O)NCC(OC)c1ccc(F)cc1. The maximum Gasteiger partial charge on any atom is 0.314 e. The van der Waals surface area contributed by atoms with Crippen molar-refractivity contribution in [2.24, 2.45) is 0 Å². The fourth-order valence-corrected chi connectivity index (χ4v) is 1.82. The summed E-state index contributed by atoms with van der Waals surface area (Å²) in [6.07, 6.45) is 0.462. The smallest absolute Gasteiger partial charge is 0.314 e. The number of rotatable bonds is 8. The Kier molecular flexibility index (Phi) is 7.71. The van der Waals surface area contributed by atoms with Crippen LogP contribution < -0.4 is 10.6 Å². The number of carbonyl (C=O) groups is 1. The fourth-order valence-electron chi connectivity index (χ4n) is 1.82. The van der Waals surface area contributed by atoms with E-state index in [9.17, 15) is 14.3 Å². The number of methoxy groups -OCH3 is 1. The molecule has 1 aromatic carbocycles. The summed E-state index contributed by atoms with van der Waals surface area (Å²) in [4.78, 5) is 11.6. The van der Waals surface area contributed by atoms with Crippen molar-refractivity contribution in [1.29, 1.82) is 0 Å². The van der Waals surface area contributed by atoms with Crippen LogP contribution in [0.5, 0.6) is 0 Å². The quantitative estimate of drug-likeness (QED) is 0.687. The Morgan fingerprint density at radius 2 is 2.00 bits per heavy atom. The van der Waals surface area contributed by atoms with Gasteiger partial charge in [0.2, 0.25) is 0 Å². The lowest BCUT2D eigenvalue weighted by molar-refractivity contribution is 0.104. The van der Waals surface area contributed by atoms with Crippen molar-refractivity contribution in [2.75, 3.05) is 20.2 Å². The Balaban J connectivity index is 2.34. The van der Waals surface area contributed by atoms with Crippen LogP contribution in [0, 0.1) is 5.82 Å². The van der Waals surface area contributed by atoms with Crippen molar-refractivity contribution >= 4 is 6.03 Å². The first-order chi connectivity index (χ1) is 10.1. The Morgan fingerprint density at radius 3 is 2.57 bits per heavy atom. The summed E-state index contributed by atoms with van der Waals surface area (Å²) in [6.45, 7) is 2.58. The van der Waals surface area contributed by atoms with E-state index in [1.807, 2.05) is 6.92 Å². The molecular formula is C15H23FN2O3. The number of halogens is 1. The molecule has 5 nitrogen and oxygen atoms in total. The van der Waals surface area contributed by atoms with E-state index >= 15 is 0 Å². The van der Waals surface area contributed by atoms with Crippen LogP contribution in [0.2, 0.25) is 0 Å². The van der Waals surface area contributed by atoms with E-state index < -0.39 is 6.10 Å². The summed E-state index contributed by atoms with van der Waals surface area (Å²) >= 11 is 0. The van der Waals surface area contributed by atoms with Gasteiger partial charge in [-0.25, -0.2) is 9.18 Å². The van der Waals surface area contributed by atoms with Gasteiger partial charge in [-0.3, -0.25) is 0 Å². The third-order valence-corrected chi connectivity index (χ3v) is 3.21. The molecule has 1 aromatic rings. The van der Waals surface area contributed by atoms with Crippen LogP contribution in [-0.4, -0.2) is 37.4 Å². The predicted octanol–water partition coefficient (Wildman–Crippen LogP) is 1.97. The van der Waals surface area contributed by atoms with Gasteiger partial charge >= 0.3 is 6.03 Å². The Labute approximate surface area is 124 Å². The minimum Gasteiger partial charge on any atom is -0.393 e. The molecule has 0 bridgehead atoms. The summed E-state index contributed by atoms with van der Waals surface area (Å²) in [5, 5.41) is 14.7. The molecule has 0 radical (unpaired) electrons. The molecule has 0 aromatic heterocycles. The van der Waals surface area contributed by atoms with Crippen LogP contribution in [0.4, 0.5) is 9.18 Å². The highest BCUT2D eigenvalue weighted by atomic mass is 19.1. The van der Waals surface area contributed by atoms with Crippen LogP contribution >= 0.6 is 0 Å². The van der Waals surface area contributed by atoms with Gasteiger partial charge in [-0.2, -0.15) is 0 Å². The van der Waals surface area contributed by atoms with Gasteiger partial charge in [-0.15, -0.1) is 0 Å². The number of nitrogens with one attached hydrogen (secondary N) is 2. The molecular weight excluding hydrogens is 275 g/mol. The number of urea groups is 1. The lowest BCUT2D eigenvalue weighted by atomic mass is 10.1. The summed E-state index contributed by atoms with van der Waals surface area (Å²) in [5.74, 6) is -0.311. The van der Waals surface area contributed by atoms with Crippen molar-refractivity contribution in [3.05, 3.63) is 35.6 Å². The maximum absolute atomic E-state index is 12.9. The molecule has 0 aliphatic rings. The third kappa shape index (κ3) is 6.55. The number of benzene rings is 1. The predicted molar refractivity (Wildman–Crippen MR) is 78.5 cm³/mol. The molecule has 3 N–H and O–H groups in total. The summed E-state index contributed by atoms with van der Waals surface area (Å²) in [7, 11) is 1.53. The lowest BCUT2D eigenvalue weighted by Gasteiger charge is -2.17. The Bertz CT molecular complexity index is 425. The van der Waals surface area contributed by atoms with Crippen LogP contribution in [0.15, 0.2) is 24.3 Å². The molecule has 0 aliphatic heterocycles. The summed E-state index contributed by atoms with van der Waals surface area (Å²) in [6, 6.07) is 5.64. The molecule has 0 saturated heterocycles. The van der Waals surface area contributed by atoms with Crippen molar-refractivity contribution in [3.8, 4) is 0 Å². The average Bonchev–Trinajstić information content (AvgIpc) is 2.49. The molecule has 118 valence electrons. The zero-order valence-corrected chi connectivity index (χ0v) is 12.4. The monoisotopic (exact) mass is 298 g/mol. The van der Waals surface area contributed by atoms with Gasteiger partial charge < -0.3 is 20.5 Å². The number of aliphatic hydroxyl groups is 1. The fraction of sp³-hybridized carbons (Fsp3) is 0.533. The van der Waals surface area contributed by atoms with Gasteiger partial charge in [0.15, 0.2) is 0 Å². The van der Waals surface area contributed by atoms with Crippen molar-refractivity contribution < 1.29 is 19.0 Å². The molecule has 2 atom stereocenters. The normalized spacial score (nSPS) is 13.5. The lowest BCUT2D eigenvalue weighted by Crippen LogP contribution is -2.39. The maximum atomic E-state index is 12.9. The minimum atomic E-state index is -0.392. The molecule has 0 heterocycles. The highest BCUT2D eigenvalue weighted by Gasteiger charge is 2.12.